The third kappa shape index (κ3) is 2.04. The molecule has 1 unspecified atom stereocenters. The zero-order valence-electron chi connectivity index (χ0n) is 6.20. The second-order valence-corrected chi connectivity index (χ2v) is 2.32. The van der Waals surface area contributed by atoms with Crippen LogP contribution in [0.25, 0.3) is 0 Å². The Morgan fingerprint density at radius 2 is 2.45 bits per heavy atom. The van der Waals surface area contributed by atoms with E-state index >= 15 is 0 Å². The second-order valence-electron chi connectivity index (χ2n) is 2.32. The molecule has 0 spiro atoms. The lowest BCUT2D eigenvalue weighted by atomic mass is 10.0. The molecule has 1 rings (SSSR count). The summed E-state index contributed by atoms with van der Waals surface area (Å²) in [6, 6.07) is 0. The molecule has 0 heterocycles. The van der Waals surface area contributed by atoms with Crippen LogP contribution < -0.4 is 5.73 Å². The summed E-state index contributed by atoms with van der Waals surface area (Å²) in [6.45, 7) is 0. The average Bonchev–Trinajstić information content (AvgIpc) is 2.07. The number of hydrogen-bond acceptors (Lipinski definition) is 1. The molecule has 0 aromatic rings. The van der Waals surface area contributed by atoms with E-state index < -0.39 is 0 Å². The topological polar surface area (TPSA) is 62.2 Å². The maximum Gasteiger partial charge on any atom is 0.129 e. The van der Waals surface area contributed by atoms with Gasteiger partial charge in [-0.15, -0.1) is 0 Å². The molecule has 3 heteroatoms. The van der Waals surface area contributed by atoms with E-state index in [4.69, 9.17) is 11.1 Å². The number of allylic oxidation sites excluding steroid dienone is 3. The van der Waals surface area contributed by atoms with Gasteiger partial charge in [0, 0.05) is 5.92 Å². The summed E-state index contributed by atoms with van der Waals surface area (Å²) in [4.78, 5) is 3.70. The highest BCUT2D eigenvalue weighted by Gasteiger charge is 2.09. The Hall–Kier alpha value is -1.38. The number of aliphatic imine (C=N–C) groups is 1. The lowest BCUT2D eigenvalue weighted by Crippen LogP contribution is -2.10. The number of nitrogens with two attached hydrogens (primary N) is 1. The van der Waals surface area contributed by atoms with Crippen LogP contribution in [-0.2, 0) is 0 Å². The van der Waals surface area contributed by atoms with Gasteiger partial charge in [0.2, 0.25) is 0 Å². The molecule has 0 saturated carbocycles. The van der Waals surface area contributed by atoms with E-state index in [1.807, 2.05) is 24.3 Å². The molecule has 11 heavy (non-hydrogen) atoms. The molecule has 0 saturated heterocycles. The largest absolute Gasteiger partial charge is 0.390 e. The molecule has 1 aliphatic carbocycles. The van der Waals surface area contributed by atoms with Crippen LogP contribution in [0.3, 0.4) is 0 Å². The highest BCUT2D eigenvalue weighted by Crippen LogP contribution is 2.12. The number of nitrogens with zero attached hydrogens (tertiary/aromatic N) is 1. The minimum Gasteiger partial charge on any atom is -0.390 e. The monoisotopic (exact) mass is 149 g/mol. The quantitative estimate of drug-likeness (QED) is 0.425. The van der Waals surface area contributed by atoms with Crippen LogP contribution in [0.1, 0.15) is 6.42 Å². The average molecular weight is 149 g/mol. The van der Waals surface area contributed by atoms with Gasteiger partial charge in [-0.05, 0) is 6.42 Å². The van der Waals surface area contributed by atoms with Gasteiger partial charge in [-0.3, -0.25) is 5.41 Å². The van der Waals surface area contributed by atoms with Crippen molar-refractivity contribution in [2.45, 2.75) is 6.42 Å². The van der Waals surface area contributed by atoms with Gasteiger partial charge in [0.15, 0.2) is 0 Å². The lowest BCUT2D eigenvalue weighted by molar-refractivity contribution is 0.852. The fourth-order valence-corrected chi connectivity index (χ4v) is 0.959. The summed E-state index contributed by atoms with van der Waals surface area (Å²) in [5.41, 5.74) is 5.06. The number of nitrogens with one attached hydrogen (secondary N) is 1. The first kappa shape index (κ1) is 7.72. The summed E-state index contributed by atoms with van der Waals surface area (Å²) in [5.74, 6) is 0.438. The molecule has 0 amide bonds. The number of amidine groups is 1. The standard InChI is InChI=1S/C8H11N3/c9-6-11-8(10)7-4-2-1-3-5-7/h1-4,6-7H,5H2,(H3,9,10,11). The van der Waals surface area contributed by atoms with Crippen LogP contribution >= 0.6 is 0 Å². The van der Waals surface area contributed by atoms with Crippen molar-refractivity contribution < 1.29 is 0 Å². The second kappa shape index (κ2) is 3.71. The third-order valence-corrected chi connectivity index (χ3v) is 1.55. The molecular formula is C8H11N3. The van der Waals surface area contributed by atoms with Crippen molar-refractivity contribution in [1.82, 2.24) is 0 Å². The zero-order valence-corrected chi connectivity index (χ0v) is 6.20. The maximum atomic E-state index is 7.42. The normalized spacial score (nSPS) is 22.7. The fraction of sp³-hybridized carbons (Fsp3) is 0.250. The van der Waals surface area contributed by atoms with E-state index in [1.165, 1.54) is 0 Å². The Morgan fingerprint density at radius 3 is 3.00 bits per heavy atom. The molecule has 1 aliphatic rings. The van der Waals surface area contributed by atoms with Crippen molar-refractivity contribution in [3.8, 4) is 0 Å². The summed E-state index contributed by atoms with van der Waals surface area (Å²) in [7, 11) is 0. The Morgan fingerprint density at radius 1 is 1.64 bits per heavy atom. The van der Waals surface area contributed by atoms with Crippen LogP contribution in [0.4, 0.5) is 0 Å². The molecule has 0 radical (unpaired) electrons. The molecule has 0 aromatic carbocycles. The van der Waals surface area contributed by atoms with E-state index in [1.54, 1.807) is 0 Å². The van der Waals surface area contributed by atoms with E-state index in [0.29, 0.717) is 5.84 Å². The van der Waals surface area contributed by atoms with Gasteiger partial charge in [0.1, 0.15) is 5.84 Å². The predicted octanol–water partition coefficient (Wildman–Crippen LogP) is 1.08. The predicted molar refractivity (Wildman–Crippen MR) is 46.8 cm³/mol. The highest BCUT2D eigenvalue weighted by atomic mass is 14.9. The minimum absolute atomic E-state index is 0.111. The Labute approximate surface area is 65.8 Å². The van der Waals surface area contributed by atoms with E-state index in [9.17, 15) is 0 Å². The van der Waals surface area contributed by atoms with Crippen LogP contribution in [0, 0.1) is 11.3 Å². The van der Waals surface area contributed by atoms with Gasteiger partial charge in [-0.25, -0.2) is 4.99 Å². The van der Waals surface area contributed by atoms with Gasteiger partial charge in [-0.2, -0.15) is 0 Å². The van der Waals surface area contributed by atoms with Crippen LogP contribution in [-0.4, -0.2) is 12.2 Å². The van der Waals surface area contributed by atoms with Crippen molar-refractivity contribution in [3.63, 3.8) is 0 Å². The van der Waals surface area contributed by atoms with Crippen LogP contribution in [0.5, 0.6) is 0 Å². The lowest BCUT2D eigenvalue weighted by Gasteiger charge is -2.09. The first-order valence-corrected chi connectivity index (χ1v) is 3.50. The molecule has 3 N–H and O–H groups in total. The Kier molecular flexibility index (Phi) is 2.60. The van der Waals surface area contributed by atoms with Crippen molar-refractivity contribution in [1.29, 1.82) is 5.41 Å². The summed E-state index contributed by atoms with van der Waals surface area (Å²) >= 11 is 0. The third-order valence-electron chi connectivity index (χ3n) is 1.55. The van der Waals surface area contributed by atoms with Gasteiger partial charge in [0.25, 0.3) is 0 Å². The van der Waals surface area contributed by atoms with Gasteiger partial charge < -0.3 is 5.73 Å². The van der Waals surface area contributed by atoms with Crippen molar-refractivity contribution in [2.75, 3.05) is 0 Å². The summed E-state index contributed by atoms with van der Waals surface area (Å²) in [5, 5.41) is 7.42. The highest BCUT2D eigenvalue weighted by molar-refractivity contribution is 5.89. The van der Waals surface area contributed by atoms with E-state index in [2.05, 4.69) is 4.99 Å². The molecule has 0 aliphatic heterocycles. The smallest absolute Gasteiger partial charge is 0.129 e. The number of hydrogen-bond donors (Lipinski definition) is 2. The first-order valence-electron chi connectivity index (χ1n) is 3.50. The number of rotatable bonds is 1. The van der Waals surface area contributed by atoms with Crippen molar-refractivity contribution in [2.24, 2.45) is 16.6 Å². The molecular weight excluding hydrogens is 138 g/mol. The SMILES string of the molecule is N=C(N=CN)C1C=CC=CC1. The molecule has 3 nitrogen and oxygen atoms in total. The first-order chi connectivity index (χ1) is 5.34. The summed E-state index contributed by atoms with van der Waals surface area (Å²) in [6.07, 6.45) is 9.88. The molecule has 0 aromatic heterocycles. The van der Waals surface area contributed by atoms with Gasteiger partial charge in [0.05, 0.1) is 6.34 Å². The van der Waals surface area contributed by atoms with Crippen molar-refractivity contribution in [3.05, 3.63) is 24.3 Å². The van der Waals surface area contributed by atoms with Crippen LogP contribution in [0.2, 0.25) is 0 Å². The Balaban J connectivity index is 2.55. The van der Waals surface area contributed by atoms with Crippen molar-refractivity contribution >= 4 is 12.2 Å². The molecule has 0 bridgehead atoms. The van der Waals surface area contributed by atoms with Gasteiger partial charge in [-0.1, -0.05) is 24.3 Å². The zero-order chi connectivity index (χ0) is 8.10. The molecule has 1 atom stereocenters. The van der Waals surface area contributed by atoms with E-state index in [-0.39, 0.29) is 5.92 Å². The fourth-order valence-electron chi connectivity index (χ4n) is 0.959. The van der Waals surface area contributed by atoms with Crippen LogP contribution in [0.15, 0.2) is 29.3 Å². The minimum atomic E-state index is 0.111. The molecule has 58 valence electrons. The van der Waals surface area contributed by atoms with E-state index in [0.717, 1.165) is 12.8 Å². The van der Waals surface area contributed by atoms with Gasteiger partial charge >= 0.3 is 0 Å². The molecule has 0 fully saturated rings. The Bertz CT molecular complexity index is 225. The summed E-state index contributed by atoms with van der Waals surface area (Å²) < 4.78 is 0. The maximum absolute atomic E-state index is 7.42.